The van der Waals surface area contributed by atoms with Gasteiger partial charge in [0.25, 0.3) is 0 Å². The van der Waals surface area contributed by atoms with Crippen molar-refractivity contribution in [1.82, 2.24) is 10.2 Å². The van der Waals surface area contributed by atoms with Gasteiger partial charge in [-0.25, -0.2) is 4.79 Å². The monoisotopic (exact) mass is 278 g/mol. The number of nitrogens with zero attached hydrogens (tertiary/aromatic N) is 1. The molecule has 0 fully saturated rings. The smallest absolute Gasteiger partial charge is 0.317 e. The first-order valence-corrected chi connectivity index (χ1v) is 7.18. The molecule has 4 heteroatoms. The van der Waals surface area contributed by atoms with Crippen LogP contribution in [-0.4, -0.2) is 41.3 Å². The summed E-state index contributed by atoms with van der Waals surface area (Å²) >= 11 is 0. The summed E-state index contributed by atoms with van der Waals surface area (Å²) in [6, 6.07) is 8.27. The number of amides is 2. The number of nitrogens with one attached hydrogen (secondary N) is 1. The Morgan fingerprint density at radius 2 is 1.85 bits per heavy atom. The van der Waals surface area contributed by atoms with Gasteiger partial charge < -0.3 is 15.3 Å². The first-order valence-electron chi connectivity index (χ1n) is 7.18. The zero-order valence-corrected chi connectivity index (χ0v) is 12.9. The lowest BCUT2D eigenvalue weighted by Crippen LogP contribution is -2.47. The number of carbonyl (C=O) groups is 1. The average Bonchev–Trinajstić information content (AvgIpc) is 2.37. The number of aryl methyl sites for hydroxylation is 1. The molecule has 0 saturated carbocycles. The zero-order valence-electron chi connectivity index (χ0n) is 12.9. The van der Waals surface area contributed by atoms with E-state index in [1.165, 1.54) is 11.1 Å². The summed E-state index contributed by atoms with van der Waals surface area (Å²) in [6.07, 6.45) is 0.298. The summed E-state index contributed by atoms with van der Waals surface area (Å²) in [5.41, 5.74) is 2.45. The summed E-state index contributed by atoms with van der Waals surface area (Å²) in [5, 5.41) is 12.3. The molecule has 1 rings (SSSR count). The molecule has 2 N–H and O–H groups in total. The van der Waals surface area contributed by atoms with Crippen molar-refractivity contribution in [2.45, 2.75) is 46.3 Å². The van der Waals surface area contributed by atoms with Crippen molar-refractivity contribution < 1.29 is 9.90 Å². The molecule has 0 spiro atoms. The molecule has 0 aliphatic carbocycles. The van der Waals surface area contributed by atoms with Gasteiger partial charge in [-0.15, -0.1) is 0 Å². The standard InChI is InChI=1S/C16H26N2O2/c1-12(2)18(11-14(4)19)16(20)17-10-9-15-7-5-13(3)6-8-15/h5-8,12,14,19H,9-11H2,1-4H3,(H,17,20). The van der Waals surface area contributed by atoms with Crippen molar-refractivity contribution >= 4 is 6.03 Å². The van der Waals surface area contributed by atoms with Gasteiger partial charge in [-0.1, -0.05) is 29.8 Å². The minimum absolute atomic E-state index is 0.0731. The number of aliphatic hydroxyl groups is 1. The fourth-order valence-corrected chi connectivity index (χ4v) is 1.98. The van der Waals surface area contributed by atoms with E-state index >= 15 is 0 Å². The molecule has 0 heterocycles. The third-order valence-electron chi connectivity index (χ3n) is 3.16. The first-order chi connectivity index (χ1) is 9.40. The Morgan fingerprint density at radius 1 is 1.25 bits per heavy atom. The fraction of sp³-hybridized carbons (Fsp3) is 0.562. The van der Waals surface area contributed by atoms with Crippen LogP contribution in [0.5, 0.6) is 0 Å². The van der Waals surface area contributed by atoms with Gasteiger partial charge in [0.2, 0.25) is 0 Å². The molecule has 0 bridgehead atoms. The summed E-state index contributed by atoms with van der Waals surface area (Å²) in [5.74, 6) is 0. The minimum Gasteiger partial charge on any atom is -0.392 e. The fourth-order valence-electron chi connectivity index (χ4n) is 1.98. The summed E-state index contributed by atoms with van der Waals surface area (Å²) < 4.78 is 0. The number of benzene rings is 1. The normalized spacial score (nSPS) is 12.3. The third kappa shape index (κ3) is 5.61. The van der Waals surface area contributed by atoms with E-state index in [1.807, 2.05) is 13.8 Å². The lowest BCUT2D eigenvalue weighted by atomic mass is 10.1. The van der Waals surface area contributed by atoms with Crippen molar-refractivity contribution in [1.29, 1.82) is 0 Å². The average molecular weight is 278 g/mol. The van der Waals surface area contributed by atoms with E-state index < -0.39 is 6.10 Å². The van der Waals surface area contributed by atoms with Crippen LogP contribution in [0.4, 0.5) is 4.79 Å². The van der Waals surface area contributed by atoms with Crippen LogP contribution in [-0.2, 0) is 6.42 Å². The molecule has 1 atom stereocenters. The lowest BCUT2D eigenvalue weighted by molar-refractivity contribution is 0.119. The maximum atomic E-state index is 12.1. The molecule has 1 aromatic rings. The molecule has 2 amide bonds. The van der Waals surface area contributed by atoms with Crippen LogP contribution >= 0.6 is 0 Å². The molecule has 0 saturated heterocycles. The molecule has 112 valence electrons. The molecule has 0 aliphatic heterocycles. The Kier molecular flexibility index (Phi) is 6.52. The van der Waals surface area contributed by atoms with E-state index in [4.69, 9.17) is 0 Å². The summed E-state index contributed by atoms with van der Waals surface area (Å²) in [6.45, 7) is 8.60. The Balaban J connectivity index is 2.43. The third-order valence-corrected chi connectivity index (χ3v) is 3.16. The zero-order chi connectivity index (χ0) is 15.1. The molecule has 0 radical (unpaired) electrons. The largest absolute Gasteiger partial charge is 0.392 e. The molecule has 1 unspecified atom stereocenters. The highest BCUT2D eigenvalue weighted by molar-refractivity contribution is 5.74. The quantitative estimate of drug-likeness (QED) is 0.839. The van der Waals surface area contributed by atoms with Gasteiger partial charge >= 0.3 is 6.03 Å². The maximum Gasteiger partial charge on any atom is 0.317 e. The topological polar surface area (TPSA) is 52.6 Å². The van der Waals surface area contributed by atoms with Crippen LogP contribution in [0.15, 0.2) is 24.3 Å². The lowest BCUT2D eigenvalue weighted by Gasteiger charge is -2.28. The van der Waals surface area contributed by atoms with Crippen LogP contribution in [0.2, 0.25) is 0 Å². The van der Waals surface area contributed by atoms with Crippen LogP contribution in [0.3, 0.4) is 0 Å². The van der Waals surface area contributed by atoms with Crippen molar-refractivity contribution in [3.63, 3.8) is 0 Å². The van der Waals surface area contributed by atoms with Crippen LogP contribution in [0, 0.1) is 6.92 Å². The van der Waals surface area contributed by atoms with E-state index in [0.717, 1.165) is 6.42 Å². The highest BCUT2D eigenvalue weighted by Crippen LogP contribution is 2.04. The van der Waals surface area contributed by atoms with Gasteiger partial charge in [0, 0.05) is 19.1 Å². The highest BCUT2D eigenvalue weighted by atomic mass is 16.3. The molecule has 0 aromatic heterocycles. The Hall–Kier alpha value is -1.55. The number of aliphatic hydroxyl groups excluding tert-OH is 1. The van der Waals surface area contributed by atoms with E-state index in [2.05, 4.69) is 36.5 Å². The van der Waals surface area contributed by atoms with Crippen molar-refractivity contribution in [2.24, 2.45) is 0 Å². The van der Waals surface area contributed by atoms with E-state index in [-0.39, 0.29) is 12.1 Å². The van der Waals surface area contributed by atoms with Gasteiger partial charge in [0.05, 0.1) is 6.10 Å². The number of carbonyl (C=O) groups excluding carboxylic acids is 1. The molecular weight excluding hydrogens is 252 g/mol. The Labute approximate surface area is 121 Å². The van der Waals surface area contributed by atoms with Gasteiger partial charge in [0.1, 0.15) is 0 Å². The number of hydrogen-bond acceptors (Lipinski definition) is 2. The maximum absolute atomic E-state index is 12.1. The predicted molar refractivity (Wildman–Crippen MR) is 81.8 cm³/mol. The Morgan fingerprint density at radius 3 is 2.35 bits per heavy atom. The minimum atomic E-state index is -0.514. The van der Waals surface area contributed by atoms with E-state index in [9.17, 15) is 9.90 Å². The van der Waals surface area contributed by atoms with Crippen molar-refractivity contribution in [3.05, 3.63) is 35.4 Å². The van der Waals surface area contributed by atoms with Crippen molar-refractivity contribution in [3.8, 4) is 0 Å². The second kappa shape index (κ2) is 7.90. The molecule has 1 aromatic carbocycles. The van der Waals surface area contributed by atoms with Gasteiger partial charge in [-0.05, 0) is 39.7 Å². The van der Waals surface area contributed by atoms with Gasteiger partial charge in [0.15, 0.2) is 0 Å². The highest BCUT2D eigenvalue weighted by Gasteiger charge is 2.17. The second-order valence-electron chi connectivity index (χ2n) is 5.56. The number of hydrogen-bond donors (Lipinski definition) is 2. The molecule has 20 heavy (non-hydrogen) atoms. The van der Waals surface area contributed by atoms with Crippen molar-refractivity contribution in [2.75, 3.05) is 13.1 Å². The number of rotatable bonds is 6. The second-order valence-corrected chi connectivity index (χ2v) is 5.56. The predicted octanol–water partition coefficient (Wildman–Crippen LogP) is 2.34. The Bertz CT molecular complexity index is 413. The van der Waals surface area contributed by atoms with E-state index in [1.54, 1.807) is 11.8 Å². The first kappa shape index (κ1) is 16.5. The summed E-state index contributed by atoms with van der Waals surface area (Å²) in [7, 11) is 0. The van der Waals surface area contributed by atoms with E-state index in [0.29, 0.717) is 13.1 Å². The van der Waals surface area contributed by atoms with Gasteiger partial charge in [-0.3, -0.25) is 0 Å². The van der Waals surface area contributed by atoms with Crippen LogP contribution < -0.4 is 5.32 Å². The SMILES string of the molecule is Cc1ccc(CCNC(=O)N(CC(C)O)C(C)C)cc1. The molecule has 4 nitrogen and oxygen atoms in total. The van der Waals surface area contributed by atoms with Crippen LogP contribution in [0.1, 0.15) is 31.9 Å². The van der Waals surface area contributed by atoms with Crippen LogP contribution in [0.25, 0.3) is 0 Å². The molecular formula is C16H26N2O2. The number of urea groups is 1. The molecule has 0 aliphatic rings. The summed E-state index contributed by atoms with van der Waals surface area (Å²) in [4.78, 5) is 13.7. The van der Waals surface area contributed by atoms with Gasteiger partial charge in [-0.2, -0.15) is 0 Å².